The van der Waals surface area contributed by atoms with Crippen molar-refractivity contribution in [3.8, 4) is 0 Å². The molecule has 1 amide bonds. The van der Waals surface area contributed by atoms with Crippen molar-refractivity contribution >= 4 is 29.1 Å². The van der Waals surface area contributed by atoms with Gasteiger partial charge in [0.1, 0.15) is 0 Å². The van der Waals surface area contributed by atoms with Gasteiger partial charge in [-0.2, -0.15) is 5.10 Å². The molecule has 0 spiro atoms. The van der Waals surface area contributed by atoms with Gasteiger partial charge in [-0.15, -0.1) is 5.10 Å². The zero-order valence-corrected chi connectivity index (χ0v) is 17.0. The molecule has 0 saturated carbocycles. The number of nitrogens with zero attached hydrogens (tertiary/aromatic N) is 2. The van der Waals surface area contributed by atoms with Gasteiger partial charge in [0.25, 0.3) is 0 Å². The minimum atomic E-state index is -0.161. The molecule has 140 valence electrons. The lowest BCUT2D eigenvalue weighted by molar-refractivity contribution is -0.118. The number of aryl methyl sites for hydroxylation is 1. The largest absolute Gasteiger partial charge is 0.303 e. The van der Waals surface area contributed by atoms with Gasteiger partial charge in [-0.1, -0.05) is 81.1 Å². The number of amides is 1. The third kappa shape index (κ3) is 5.07. The molecular weight excluding hydrogens is 354 g/mol. The lowest BCUT2D eigenvalue weighted by Gasteiger charge is -2.18. The van der Waals surface area contributed by atoms with Crippen LogP contribution in [0.15, 0.2) is 58.7 Å². The predicted molar refractivity (Wildman–Crippen MR) is 115 cm³/mol. The van der Waals surface area contributed by atoms with E-state index in [2.05, 4.69) is 67.5 Å². The van der Waals surface area contributed by atoms with Gasteiger partial charge in [0, 0.05) is 0 Å². The fraction of sp³-hybridized carbons (Fsp3) is 0.318. The first kappa shape index (κ1) is 19.4. The standard InChI is InChI=1S/C22H25N3OS/c1-15-7-5-6-8-17(15)13-19-20(26)24-21(27-19)25-23-14-16-9-11-18(12-10-16)22(2,3)4/h5-12,14,19H,13H2,1-4H3,(H,24,25,26)/b23-14+. The fourth-order valence-electron chi connectivity index (χ4n) is 2.84. The van der Waals surface area contributed by atoms with Crippen molar-refractivity contribution in [3.05, 3.63) is 70.8 Å². The van der Waals surface area contributed by atoms with Gasteiger partial charge in [0.05, 0.1) is 11.5 Å². The molecule has 1 fully saturated rings. The molecule has 1 heterocycles. The molecule has 2 aromatic rings. The fourth-order valence-corrected chi connectivity index (χ4v) is 3.79. The Morgan fingerprint density at radius 3 is 2.48 bits per heavy atom. The van der Waals surface area contributed by atoms with Gasteiger partial charge in [0.2, 0.25) is 5.91 Å². The van der Waals surface area contributed by atoms with E-state index in [1.165, 1.54) is 28.5 Å². The summed E-state index contributed by atoms with van der Waals surface area (Å²) in [5.74, 6) is -0.00765. The monoisotopic (exact) mass is 379 g/mol. The van der Waals surface area contributed by atoms with E-state index in [0.717, 1.165) is 5.56 Å². The van der Waals surface area contributed by atoms with Gasteiger partial charge in [-0.25, -0.2) is 0 Å². The van der Waals surface area contributed by atoms with Crippen LogP contribution < -0.4 is 5.32 Å². The first-order chi connectivity index (χ1) is 12.8. The van der Waals surface area contributed by atoms with E-state index in [9.17, 15) is 4.79 Å². The van der Waals surface area contributed by atoms with Crippen LogP contribution in [0.2, 0.25) is 0 Å². The molecule has 1 aliphatic heterocycles. The van der Waals surface area contributed by atoms with Crippen molar-refractivity contribution in [2.45, 2.75) is 44.8 Å². The minimum absolute atomic E-state index is 0.00765. The van der Waals surface area contributed by atoms with Gasteiger partial charge >= 0.3 is 0 Å². The Bertz CT molecular complexity index is 879. The van der Waals surface area contributed by atoms with Crippen molar-refractivity contribution in [2.24, 2.45) is 10.2 Å². The van der Waals surface area contributed by atoms with Crippen LogP contribution in [0, 0.1) is 6.92 Å². The lowest BCUT2D eigenvalue weighted by atomic mass is 9.87. The van der Waals surface area contributed by atoms with E-state index in [4.69, 9.17) is 0 Å². The van der Waals surface area contributed by atoms with Crippen LogP contribution in [0.25, 0.3) is 0 Å². The predicted octanol–water partition coefficient (Wildman–Crippen LogP) is 4.46. The summed E-state index contributed by atoms with van der Waals surface area (Å²) in [4.78, 5) is 12.2. The molecule has 1 atom stereocenters. The number of hydrogen-bond donors (Lipinski definition) is 1. The summed E-state index contributed by atoms with van der Waals surface area (Å²) in [7, 11) is 0. The molecule has 0 aliphatic carbocycles. The number of carbonyl (C=O) groups is 1. The Morgan fingerprint density at radius 2 is 1.81 bits per heavy atom. The van der Waals surface area contributed by atoms with Crippen LogP contribution >= 0.6 is 11.8 Å². The van der Waals surface area contributed by atoms with Gasteiger partial charge < -0.3 is 5.32 Å². The highest BCUT2D eigenvalue weighted by molar-refractivity contribution is 8.15. The molecule has 0 radical (unpaired) electrons. The summed E-state index contributed by atoms with van der Waals surface area (Å²) < 4.78 is 0. The quantitative estimate of drug-likeness (QED) is 0.630. The maximum Gasteiger partial charge on any atom is 0.239 e. The third-order valence-electron chi connectivity index (χ3n) is 4.58. The second-order valence-corrected chi connectivity index (χ2v) is 8.94. The van der Waals surface area contributed by atoms with Crippen molar-refractivity contribution in [1.82, 2.24) is 5.32 Å². The van der Waals surface area contributed by atoms with E-state index in [-0.39, 0.29) is 16.6 Å². The number of benzene rings is 2. The summed E-state index contributed by atoms with van der Waals surface area (Å²) in [6, 6.07) is 16.4. The normalized spacial score (nSPS) is 19.0. The molecule has 5 heteroatoms. The Labute approximate surface area is 165 Å². The highest BCUT2D eigenvalue weighted by atomic mass is 32.2. The zero-order valence-electron chi connectivity index (χ0n) is 16.2. The Morgan fingerprint density at radius 1 is 1.11 bits per heavy atom. The van der Waals surface area contributed by atoms with Crippen molar-refractivity contribution in [3.63, 3.8) is 0 Å². The zero-order chi connectivity index (χ0) is 19.4. The van der Waals surface area contributed by atoms with E-state index in [0.29, 0.717) is 11.6 Å². The maximum atomic E-state index is 12.2. The van der Waals surface area contributed by atoms with Gasteiger partial charge in [-0.3, -0.25) is 4.79 Å². The first-order valence-electron chi connectivity index (χ1n) is 9.06. The molecule has 0 aromatic heterocycles. The molecule has 2 aromatic carbocycles. The Balaban J connectivity index is 1.62. The van der Waals surface area contributed by atoms with Crippen LogP contribution in [0.1, 0.15) is 43.0 Å². The van der Waals surface area contributed by atoms with E-state index < -0.39 is 0 Å². The molecule has 4 nitrogen and oxygen atoms in total. The average molecular weight is 380 g/mol. The lowest BCUT2D eigenvalue weighted by Crippen LogP contribution is -2.26. The topological polar surface area (TPSA) is 53.8 Å². The van der Waals surface area contributed by atoms with Crippen LogP contribution in [0.5, 0.6) is 0 Å². The smallest absolute Gasteiger partial charge is 0.239 e. The summed E-state index contributed by atoms with van der Waals surface area (Å²) in [6.45, 7) is 8.64. The molecule has 0 bridgehead atoms. The van der Waals surface area contributed by atoms with E-state index in [1.807, 2.05) is 24.3 Å². The van der Waals surface area contributed by atoms with E-state index >= 15 is 0 Å². The molecule has 1 unspecified atom stereocenters. The second kappa shape index (κ2) is 8.09. The third-order valence-corrected chi connectivity index (χ3v) is 5.65. The van der Waals surface area contributed by atoms with Crippen LogP contribution in [-0.4, -0.2) is 22.5 Å². The highest BCUT2D eigenvalue weighted by Crippen LogP contribution is 2.25. The van der Waals surface area contributed by atoms with Crippen molar-refractivity contribution in [2.75, 3.05) is 0 Å². The number of nitrogens with one attached hydrogen (secondary N) is 1. The van der Waals surface area contributed by atoms with E-state index in [1.54, 1.807) is 6.21 Å². The first-order valence-corrected chi connectivity index (χ1v) is 9.94. The highest BCUT2D eigenvalue weighted by Gasteiger charge is 2.30. The number of hydrogen-bond acceptors (Lipinski definition) is 4. The summed E-state index contributed by atoms with van der Waals surface area (Å²) in [6.07, 6.45) is 2.40. The Kier molecular flexibility index (Phi) is 5.80. The summed E-state index contributed by atoms with van der Waals surface area (Å²) >= 11 is 1.44. The number of carbonyl (C=O) groups excluding carboxylic acids is 1. The summed E-state index contributed by atoms with van der Waals surface area (Å²) in [5.41, 5.74) is 4.79. The Hall–Kier alpha value is -2.40. The van der Waals surface area contributed by atoms with Gasteiger partial charge in [0.15, 0.2) is 5.17 Å². The van der Waals surface area contributed by atoms with Crippen molar-refractivity contribution < 1.29 is 4.79 Å². The second-order valence-electron chi connectivity index (χ2n) is 7.75. The molecule has 1 N–H and O–H groups in total. The maximum absolute atomic E-state index is 12.2. The van der Waals surface area contributed by atoms with Crippen LogP contribution in [-0.2, 0) is 16.6 Å². The molecule has 3 rings (SSSR count). The van der Waals surface area contributed by atoms with Crippen LogP contribution in [0.3, 0.4) is 0 Å². The number of thioether (sulfide) groups is 1. The molecular formula is C22H25N3OS. The van der Waals surface area contributed by atoms with Gasteiger partial charge in [-0.05, 0) is 41.0 Å². The average Bonchev–Trinajstić information content (AvgIpc) is 2.96. The molecule has 1 saturated heterocycles. The SMILES string of the molecule is Cc1ccccc1CC1S/C(=N/N=C/c2ccc(C(C)(C)C)cc2)NC1=O. The minimum Gasteiger partial charge on any atom is -0.303 e. The number of rotatable bonds is 4. The number of amidine groups is 1. The summed E-state index contributed by atoms with van der Waals surface area (Å²) in [5, 5.41) is 11.5. The van der Waals surface area contributed by atoms with Crippen molar-refractivity contribution in [1.29, 1.82) is 0 Å². The molecule has 27 heavy (non-hydrogen) atoms. The molecule has 1 aliphatic rings. The van der Waals surface area contributed by atoms with Crippen LogP contribution in [0.4, 0.5) is 0 Å².